The van der Waals surface area contributed by atoms with Gasteiger partial charge in [0.1, 0.15) is 0 Å². The number of ether oxygens (including phenoxy) is 1. The molecule has 5 heteroatoms. The standard InChI is InChI=1S/C12H21Br2NO2/c1-3-10-9(5-6-17-10)11(16)15-12(4-2,7-13)8-14/h9-10H,3-8H2,1-2H3,(H,15,16). The van der Waals surface area contributed by atoms with Crippen molar-refractivity contribution in [3.63, 3.8) is 0 Å². The van der Waals surface area contributed by atoms with E-state index in [1.54, 1.807) is 0 Å². The molecule has 1 aliphatic rings. The highest BCUT2D eigenvalue weighted by molar-refractivity contribution is 9.09. The molecule has 0 aromatic rings. The normalized spacial score (nSPS) is 24.9. The zero-order valence-electron chi connectivity index (χ0n) is 10.5. The summed E-state index contributed by atoms with van der Waals surface area (Å²) in [6, 6.07) is 0. The molecule has 0 radical (unpaired) electrons. The third kappa shape index (κ3) is 3.67. The van der Waals surface area contributed by atoms with Gasteiger partial charge in [0, 0.05) is 17.3 Å². The Morgan fingerprint density at radius 2 is 2.06 bits per heavy atom. The molecule has 0 aliphatic carbocycles. The van der Waals surface area contributed by atoms with Crippen molar-refractivity contribution >= 4 is 37.8 Å². The monoisotopic (exact) mass is 369 g/mol. The van der Waals surface area contributed by atoms with E-state index < -0.39 is 0 Å². The van der Waals surface area contributed by atoms with E-state index in [1.807, 2.05) is 0 Å². The number of rotatable bonds is 6. The lowest BCUT2D eigenvalue weighted by molar-refractivity contribution is -0.128. The highest BCUT2D eigenvalue weighted by Gasteiger charge is 2.36. The van der Waals surface area contributed by atoms with Crippen LogP contribution in [0.1, 0.15) is 33.1 Å². The van der Waals surface area contributed by atoms with E-state index in [9.17, 15) is 4.79 Å². The largest absolute Gasteiger partial charge is 0.377 e. The number of carbonyl (C=O) groups excluding carboxylic acids is 1. The number of halogens is 2. The number of alkyl halides is 2. The molecule has 17 heavy (non-hydrogen) atoms. The number of nitrogens with one attached hydrogen (secondary N) is 1. The molecule has 2 atom stereocenters. The third-order valence-corrected chi connectivity index (χ3v) is 5.67. The number of hydrogen-bond acceptors (Lipinski definition) is 2. The van der Waals surface area contributed by atoms with Gasteiger partial charge in [-0.25, -0.2) is 0 Å². The Kier molecular flexibility index (Phi) is 6.45. The lowest BCUT2D eigenvalue weighted by Gasteiger charge is -2.32. The highest BCUT2D eigenvalue weighted by atomic mass is 79.9. The Hall–Kier alpha value is 0.390. The molecular weight excluding hydrogens is 350 g/mol. The predicted octanol–water partition coefficient (Wildman–Crippen LogP) is 2.86. The molecule has 0 bridgehead atoms. The molecule has 0 aromatic heterocycles. The van der Waals surface area contributed by atoms with Gasteiger partial charge in [-0.2, -0.15) is 0 Å². The second-order valence-corrected chi connectivity index (χ2v) is 5.72. The SMILES string of the molecule is CCC1OCCC1C(=O)NC(CC)(CBr)CBr. The summed E-state index contributed by atoms with van der Waals surface area (Å²) in [5.74, 6) is 0.152. The van der Waals surface area contributed by atoms with Crippen LogP contribution in [0.3, 0.4) is 0 Å². The Bertz CT molecular complexity index is 249. The van der Waals surface area contributed by atoms with E-state index in [2.05, 4.69) is 51.0 Å². The lowest BCUT2D eigenvalue weighted by Crippen LogP contribution is -2.53. The second kappa shape index (κ2) is 7.10. The van der Waals surface area contributed by atoms with Gasteiger partial charge in [0.15, 0.2) is 0 Å². The molecule has 3 nitrogen and oxygen atoms in total. The molecule has 1 rings (SSSR count). The van der Waals surface area contributed by atoms with Crippen LogP contribution >= 0.6 is 31.9 Å². The van der Waals surface area contributed by atoms with Gasteiger partial charge < -0.3 is 10.1 Å². The van der Waals surface area contributed by atoms with Gasteiger partial charge in [-0.15, -0.1) is 0 Å². The third-order valence-electron chi connectivity index (χ3n) is 3.53. The van der Waals surface area contributed by atoms with Crippen LogP contribution in [0.2, 0.25) is 0 Å². The van der Waals surface area contributed by atoms with Crippen LogP contribution in [0.5, 0.6) is 0 Å². The zero-order chi connectivity index (χ0) is 12.9. The first-order valence-corrected chi connectivity index (χ1v) is 8.42. The second-order valence-electron chi connectivity index (χ2n) is 4.60. The first-order valence-electron chi connectivity index (χ1n) is 6.18. The maximum atomic E-state index is 12.3. The van der Waals surface area contributed by atoms with Crippen LogP contribution in [-0.2, 0) is 9.53 Å². The average Bonchev–Trinajstić information content (AvgIpc) is 2.84. The van der Waals surface area contributed by atoms with Crippen molar-refractivity contribution < 1.29 is 9.53 Å². The van der Waals surface area contributed by atoms with E-state index >= 15 is 0 Å². The number of carbonyl (C=O) groups is 1. The lowest BCUT2D eigenvalue weighted by atomic mass is 9.95. The van der Waals surface area contributed by atoms with Crippen molar-refractivity contribution in [3.05, 3.63) is 0 Å². The molecule has 1 amide bonds. The van der Waals surface area contributed by atoms with E-state index in [-0.39, 0.29) is 23.5 Å². The highest BCUT2D eigenvalue weighted by Crippen LogP contribution is 2.25. The molecule has 100 valence electrons. The van der Waals surface area contributed by atoms with Crippen molar-refractivity contribution in [3.8, 4) is 0 Å². The summed E-state index contributed by atoms with van der Waals surface area (Å²) in [6.07, 6.45) is 2.74. The molecular formula is C12H21Br2NO2. The quantitative estimate of drug-likeness (QED) is 0.730. The number of hydrogen-bond donors (Lipinski definition) is 1. The molecule has 1 saturated heterocycles. The van der Waals surface area contributed by atoms with Gasteiger partial charge in [-0.3, -0.25) is 4.79 Å². The topological polar surface area (TPSA) is 38.3 Å². The first kappa shape index (κ1) is 15.4. The van der Waals surface area contributed by atoms with Crippen molar-refractivity contribution in [1.29, 1.82) is 0 Å². The van der Waals surface area contributed by atoms with Crippen LogP contribution in [0.25, 0.3) is 0 Å². The minimum atomic E-state index is -0.183. The summed E-state index contributed by atoms with van der Waals surface area (Å²) in [5, 5.41) is 4.70. The maximum Gasteiger partial charge on any atom is 0.226 e. The smallest absolute Gasteiger partial charge is 0.226 e. The van der Waals surface area contributed by atoms with Gasteiger partial charge in [0.05, 0.1) is 17.6 Å². The van der Waals surface area contributed by atoms with E-state index in [4.69, 9.17) is 4.74 Å². The van der Waals surface area contributed by atoms with Gasteiger partial charge in [-0.05, 0) is 19.3 Å². The van der Waals surface area contributed by atoms with Crippen molar-refractivity contribution in [2.75, 3.05) is 17.3 Å². The Morgan fingerprint density at radius 3 is 2.53 bits per heavy atom. The predicted molar refractivity (Wildman–Crippen MR) is 76.9 cm³/mol. The van der Waals surface area contributed by atoms with Crippen LogP contribution in [0.4, 0.5) is 0 Å². The van der Waals surface area contributed by atoms with Crippen LogP contribution in [-0.4, -0.2) is 34.8 Å². The van der Waals surface area contributed by atoms with Crippen LogP contribution in [0.15, 0.2) is 0 Å². The number of amides is 1. The molecule has 0 saturated carbocycles. The summed E-state index contributed by atoms with van der Waals surface area (Å²) in [4.78, 5) is 12.3. The van der Waals surface area contributed by atoms with Crippen molar-refractivity contribution in [2.45, 2.75) is 44.8 Å². The van der Waals surface area contributed by atoms with E-state index in [0.29, 0.717) is 6.61 Å². The van der Waals surface area contributed by atoms with Gasteiger partial charge >= 0.3 is 0 Å². The van der Waals surface area contributed by atoms with Gasteiger partial charge in [0.25, 0.3) is 0 Å². The van der Waals surface area contributed by atoms with E-state index in [1.165, 1.54) is 0 Å². The van der Waals surface area contributed by atoms with Crippen LogP contribution in [0, 0.1) is 5.92 Å². The summed E-state index contributed by atoms with van der Waals surface area (Å²) in [5.41, 5.74) is -0.183. The maximum absolute atomic E-state index is 12.3. The molecule has 1 aliphatic heterocycles. The zero-order valence-corrected chi connectivity index (χ0v) is 13.6. The van der Waals surface area contributed by atoms with Gasteiger partial charge in [0.2, 0.25) is 5.91 Å². The molecule has 1 fully saturated rings. The molecule has 0 spiro atoms. The summed E-state index contributed by atoms with van der Waals surface area (Å²) >= 11 is 6.97. The molecule has 0 aromatic carbocycles. The fraction of sp³-hybridized carbons (Fsp3) is 0.917. The van der Waals surface area contributed by atoms with Crippen LogP contribution < -0.4 is 5.32 Å². The Labute approximate surface area is 120 Å². The van der Waals surface area contributed by atoms with E-state index in [0.717, 1.165) is 29.9 Å². The summed E-state index contributed by atoms with van der Waals surface area (Å²) in [6.45, 7) is 4.86. The summed E-state index contributed by atoms with van der Waals surface area (Å²) < 4.78 is 5.57. The molecule has 1 heterocycles. The fourth-order valence-corrected chi connectivity index (χ4v) is 4.09. The average molecular weight is 371 g/mol. The van der Waals surface area contributed by atoms with Gasteiger partial charge in [-0.1, -0.05) is 45.7 Å². The first-order chi connectivity index (χ1) is 8.12. The minimum Gasteiger partial charge on any atom is -0.377 e. The Morgan fingerprint density at radius 1 is 1.41 bits per heavy atom. The van der Waals surface area contributed by atoms with Crippen molar-refractivity contribution in [1.82, 2.24) is 5.32 Å². The minimum absolute atomic E-state index is 0.0176. The summed E-state index contributed by atoms with van der Waals surface area (Å²) in [7, 11) is 0. The molecule has 2 unspecified atom stereocenters. The van der Waals surface area contributed by atoms with Crippen molar-refractivity contribution in [2.24, 2.45) is 5.92 Å². The Balaban J connectivity index is 2.64. The molecule has 1 N–H and O–H groups in total. The fourth-order valence-electron chi connectivity index (χ4n) is 2.08.